The van der Waals surface area contributed by atoms with Gasteiger partial charge in [-0.2, -0.15) is 0 Å². The van der Waals surface area contributed by atoms with Crippen LogP contribution in [0.5, 0.6) is 0 Å². The molecule has 0 saturated heterocycles. The third kappa shape index (κ3) is 1.06. The van der Waals surface area contributed by atoms with E-state index in [-0.39, 0.29) is 0 Å². The van der Waals surface area contributed by atoms with Gasteiger partial charge in [-0.15, -0.1) is 0 Å². The molecule has 0 spiro atoms. The van der Waals surface area contributed by atoms with E-state index in [0.717, 1.165) is 39.2 Å². The topological polar surface area (TPSA) is 41.8 Å². The Morgan fingerprint density at radius 2 is 2.06 bits per heavy atom. The lowest BCUT2D eigenvalue weighted by molar-refractivity contribution is 0.112. The normalized spacial score (nSPS) is 13.3. The highest BCUT2D eigenvalue weighted by molar-refractivity contribution is 6.00. The van der Waals surface area contributed by atoms with Gasteiger partial charge in [-0.05, 0) is 12.1 Å². The molecular formula is C15H8N2O. The Labute approximate surface area is 103 Å². The number of hydrogen-bond donors (Lipinski definition) is 0. The van der Waals surface area contributed by atoms with Gasteiger partial charge in [0.15, 0.2) is 6.29 Å². The van der Waals surface area contributed by atoms with Crippen LogP contribution in [0.3, 0.4) is 0 Å². The first kappa shape index (κ1) is 9.48. The molecule has 0 atom stereocenters. The maximum Gasteiger partial charge on any atom is 0.152 e. The molecule has 0 aliphatic carbocycles. The van der Waals surface area contributed by atoms with E-state index in [1.807, 2.05) is 36.7 Å². The van der Waals surface area contributed by atoms with E-state index in [4.69, 9.17) is 0 Å². The highest BCUT2D eigenvalue weighted by Crippen LogP contribution is 2.35. The fourth-order valence-corrected chi connectivity index (χ4v) is 2.55. The molecule has 2 aromatic carbocycles. The molecule has 2 heterocycles. The Kier molecular flexibility index (Phi) is 1.70. The van der Waals surface area contributed by atoms with Gasteiger partial charge in [-0.3, -0.25) is 9.79 Å². The van der Waals surface area contributed by atoms with Crippen molar-refractivity contribution >= 4 is 24.4 Å². The Balaban J connectivity index is 2.18. The second-order valence-corrected chi connectivity index (χ2v) is 4.34. The second-order valence-electron chi connectivity index (χ2n) is 4.34. The predicted octanol–water partition coefficient (Wildman–Crippen LogP) is 1.60. The number of para-hydroxylation sites is 1. The van der Waals surface area contributed by atoms with Crippen LogP contribution in [-0.2, 0) is 0 Å². The van der Waals surface area contributed by atoms with Gasteiger partial charge >= 0.3 is 0 Å². The summed E-state index contributed by atoms with van der Waals surface area (Å²) >= 11 is 0. The lowest BCUT2D eigenvalue weighted by Gasteiger charge is -2.03. The van der Waals surface area contributed by atoms with E-state index in [9.17, 15) is 4.79 Å². The van der Waals surface area contributed by atoms with Crippen molar-refractivity contribution in [3.63, 3.8) is 0 Å². The number of aliphatic imine (C=N–C) groups is 1. The molecule has 0 amide bonds. The molecule has 0 aromatic heterocycles. The molecule has 84 valence electrons. The van der Waals surface area contributed by atoms with E-state index in [1.54, 1.807) is 6.07 Å². The highest BCUT2D eigenvalue weighted by atomic mass is 16.1. The summed E-state index contributed by atoms with van der Waals surface area (Å²) in [6, 6.07) is 9.68. The van der Waals surface area contributed by atoms with Crippen molar-refractivity contribution in [2.75, 3.05) is 0 Å². The lowest BCUT2D eigenvalue weighted by atomic mass is 9.98. The van der Waals surface area contributed by atoms with E-state index < -0.39 is 0 Å². The third-order valence-electron chi connectivity index (χ3n) is 3.37. The first-order valence-corrected chi connectivity index (χ1v) is 5.72. The van der Waals surface area contributed by atoms with E-state index >= 15 is 0 Å². The van der Waals surface area contributed by atoms with Crippen molar-refractivity contribution in [2.24, 2.45) is 9.98 Å². The van der Waals surface area contributed by atoms with Crippen LogP contribution in [0.25, 0.3) is 17.3 Å². The van der Waals surface area contributed by atoms with E-state index in [2.05, 4.69) is 9.98 Å². The summed E-state index contributed by atoms with van der Waals surface area (Å²) in [5.74, 6) is 0. The minimum atomic E-state index is 0.636. The Morgan fingerprint density at radius 1 is 1.11 bits per heavy atom. The monoisotopic (exact) mass is 232 g/mol. The third-order valence-corrected chi connectivity index (χ3v) is 3.37. The lowest BCUT2D eigenvalue weighted by Crippen LogP contribution is -2.14. The van der Waals surface area contributed by atoms with Crippen LogP contribution < -0.4 is 10.6 Å². The van der Waals surface area contributed by atoms with Crippen LogP contribution in [0.15, 0.2) is 40.3 Å². The van der Waals surface area contributed by atoms with Crippen molar-refractivity contribution in [1.29, 1.82) is 0 Å². The zero-order chi connectivity index (χ0) is 12.1. The van der Waals surface area contributed by atoms with Gasteiger partial charge in [0.05, 0.1) is 11.0 Å². The molecule has 0 saturated carbocycles. The summed E-state index contributed by atoms with van der Waals surface area (Å²) in [7, 11) is 0. The number of fused-ring (bicyclic) bond motifs is 5. The number of aldehydes is 1. The van der Waals surface area contributed by atoms with Crippen molar-refractivity contribution in [2.45, 2.75) is 0 Å². The standard InChI is InChI=1S/C15H8N2O/c18-8-10-2-1-3-11-14-12-7-16-6-9(12)4-5-13(14)17-15(10)11/h1-8H. The molecular weight excluding hydrogens is 224 g/mol. The summed E-state index contributed by atoms with van der Waals surface area (Å²) in [4.78, 5) is 19.8. The summed E-state index contributed by atoms with van der Waals surface area (Å²) in [6.07, 6.45) is 4.55. The summed E-state index contributed by atoms with van der Waals surface area (Å²) in [6.45, 7) is 0. The summed E-state index contributed by atoms with van der Waals surface area (Å²) in [5.41, 5.74) is 4.61. The Hall–Kier alpha value is -2.55. The van der Waals surface area contributed by atoms with Crippen molar-refractivity contribution in [3.05, 3.63) is 52.0 Å². The largest absolute Gasteiger partial charge is 0.298 e. The zero-order valence-electron chi connectivity index (χ0n) is 9.42. The first-order valence-electron chi connectivity index (χ1n) is 5.72. The van der Waals surface area contributed by atoms with Gasteiger partial charge in [-0.25, -0.2) is 4.99 Å². The maximum atomic E-state index is 11.1. The number of nitrogens with zero attached hydrogens (tertiary/aromatic N) is 2. The van der Waals surface area contributed by atoms with Gasteiger partial charge in [0.2, 0.25) is 0 Å². The SMILES string of the molecule is O=Cc1cccc2c1N=c1ccc3c(c1-2)C=NC=3. The van der Waals surface area contributed by atoms with Crippen molar-refractivity contribution < 1.29 is 4.79 Å². The molecule has 2 aliphatic rings. The Bertz CT molecular complexity index is 848. The first-order chi connectivity index (χ1) is 8.88. The van der Waals surface area contributed by atoms with Crippen molar-refractivity contribution in [1.82, 2.24) is 0 Å². The fourth-order valence-electron chi connectivity index (χ4n) is 2.55. The summed E-state index contributed by atoms with van der Waals surface area (Å²) in [5, 5.41) is 2.02. The molecule has 4 rings (SSSR count). The van der Waals surface area contributed by atoms with Gasteiger partial charge in [0.1, 0.15) is 0 Å². The van der Waals surface area contributed by atoms with Crippen LogP contribution in [-0.4, -0.2) is 12.5 Å². The molecule has 0 radical (unpaired) electrons. The molecule has 0 bridgehead atoms. The minimum Gasteiger partial charge on any atom is -0.298 e. The van der Waals surface area contributed by atoms with Crippen LogP contribution in [0.1, 0.15) is 15.9 Å². The highest BCUT2D eigenvalue weighted by Gasteiger charge is 2.20. The van der Waals surface area contributed by atoms with Crippen molar-refractivity contribution in [3.8, 4) is 11.1 Å². The van der Waals surface area contributed by atoms with Crippen LogP contribution in [0.2, 0.25) is 0 Å². The number of carbonyl (C=O) groups excluding carboxylic acids is 1. The summed E-state index contributed by atoms with van der Waals surface area (Å²) < 4.78 is 0. The fraction of sp³-hybridized carbons (Fsp3) is 0. The molecule has 2 aliphatic heterocycles. The van der Waals surface area contributed by atoms with Crippen LogP contribution in [0.4, 0.5) is 5.69 Å². The number of hydrogen-bond acceptors (Lipinski definition) is 3. The quantitative estimate of drug-likeness (QED) is 0.587. The van der Waals surface area contributed by atoms with Gasteiger partial charge < -0.3 is 0 Å². The average molecular weight is 232 g/mol. The van der Waals surface area contributed by atoms with Crippen LogP contribution in [0, 0.1) is 0 Å². The molecule has 3 heteroatoms. The minimum absolute atomic E-state index is 0.636. The average Bonchev–Trinajstić information content (AvgIpc) is 3.00. The number of carbonyl (C=O) groups is 1. The molecule has 0 unspecified atom stereocenters. The van der Waals surface area contributed by atoms with Gasteiger partial charge in [-0.1, -0.05) is 18.2 Å². The molecule has 3 nitrogen and oxygen atoms in total. The predicted molar refractivity (Wildman–Crippen MR) is 69.8 cm³/mol. The van der Waals surface area contributed by atoms with Gasteiger partial charge in [0, 0.05) is 39.9 Å². The Morgan fingerprint density at radius 3 is 2.94 bits per heavy atom. The molecule has 0 fully saturated rings. The van der Waals surface area contributed by atoms with Crippen LogP contribution >= 0.6 is 0 Å². The zero-order valence-corrected chi connectivity index (χ0v) is 9.42. The molecule has 18 heavy (non-hydrogen) atoms. The molecule has 0 N–H and O–H groups in total. The molecule has 2 aromatic rings. The smallest absolute Gasteiger partial charge is 0.152 e. The maximum absolute atomic E-state index is 11.1. The number of rotatable bonds is 1. The van der Waals surface area contributed by atoms with E-state index in [0.29, 0.717) is 5.56 Å². The number of benzene rings is 2. The van der Waals surface area contributed by atoms with E-state index in [1.165, 1.54) is 0 Å². The van der Waals surface area contributed by atoms with Gasteiger partial charge in [0.25, 0.3) is 0 Å². The second kappa shape index (κ2) is 3.23.